The molecular formula is C18H26ClF3N2O. The summed E-state index contributed by atoms with van der Waals surface area (Å²) in [6.07, 6.45) is -0.751. The molecule has 3 nitrogen and oxygen atoms in total. The number of alkyl halides is 3. The molecule has 1 aliphatic heterocycles. The van der Waals surface area contributed by atoms with Gasteiger partial charge in [0.1, 0.15) is 0 Å². The van der Waals surface area contributed by atoms with Gasteiger partial charge in [-0.15, -0.1) is 12.4 Å². The van der Waals surface area contributed by atoms with Crippen molar-refractivity contribution in [3.05, 3.63) is 35.4 Å². The van der Waals surface area contributed by atoms with Crippen molar-refractivity contribution in [2.75, 3.05) is 19.6 Å². The van der Waals surface area contributed by atoms with Crippen LogP contribution < -0.4 is 10.6 Å². The van der Waals surface area contributed by atoms with Gasteiger partial charge in [0.2, 0.25) is 5.91 Å². The molecule has 0 bridgehead atoms. The molecule has 2 rings (SSSR count). The first-order chi connectivity index (χ1) is 11.4. The van der Waals surface area contributed by atoms with Crippen LogP contribution in [0.2, 0.25) is 0 Å². The zero-order valence-corrected chi connectivity index (χ0v) is 15.2. The van der Waals surface area contributed by atoms with Crippen LogP contribution in [-0.4, -0.2) is 25.5 Å². The minimum atomic E-state index is -4.35. The highest BCUT2D eigenvalue weighted by Gasteiger charge is 2.30. The molecule has 1 amide bonds. The Kier molecular flexibility index (Phi) is 8.73. The average molecular weight is 379 g/mol. The smallest absolute Gasteiger partial charge is 0.356 e. The number of benzene rings is 1. The summed E-state index contributed by atoms with van der Waals surface area (Å²) in [5.74, 6) is 0.145. The number of rotatable bonds is 6. The number of carbonyl (C=O) groups is 1. The molecular weight excluding hydrogens is 353 g/mol. The van der Waals surface area contributed by atoms with E-state index in [1.54, 1.807) is 13.0 Å². The van der Waals surface area contributed by atoms with Crippen LogP contribution in [0, 0.1) is 11.8 Å². The Labute approximate surface area is 153 Å². The topological polar surface area (TPSA) is 41.1 Å². The van der Waals surface area contributed by atoms with Crippen molar-refractivity contribution in [2.24, 2.45) is 11.8 Å². The van der Waals surface area contributed by atoms with E-state index in [9.17, 15) is 18.0 Å². The Hall–Kier alpha value is -1.27. The molecule has 1 aromatic carbocycles. The molecule has 0 saturated carbocycles. The molecule has 1 aromatic rings. The summed E-state index contributed by atoms with van der Waals surface area (Å²) < 4.78 is 38.2. The van der Waals surface area contributed by atoms with Gasteiger partial charge >= 0.3 is 6.18 Å². The molecule has 25 heavy (non-hydrogen) atoms. The van der Waals surface area contributed by atoms with Gasteiger partial charge in [-0.1, -0.05) is 25.1 Å². The van der Waals surface area contributed by atoms with Crippen molar-refractivity contribution in [1.29, 1.82) is 0 Å². The van der Waals surface area contributed by atoms with Gasteiger partial charge in [-0.25, -0.2) is 0 Å². The van der Waals surface area contributed by atoms with E-state index >= 15 is 0 Å². The van der Waals surface area contributed by atoms with Gasteiger partial charge in [0.25, 0.3) is 0 Å². The maximum Gasteiger partial charge on any atom is 0.416 e. The standard InChI is InChI=1S/C18H25F3N2O.ClH/c1-13(10-15-4-2-6-16(11-15)18(19,20)21)17(24)23-9-7-14-5-3-8-22-12-14;/h2,4,6,11,13-14,22H,3,5,7-10,12H2,1H3,(H,23,24);1H. The van der Waals surface area contributed by atoms with Crippen LogP contribution in [0.1, 0.15) is 37.3 Å². The molecule has 1 aliphatic rings. The van der Waals surface area contributed by atoms with Crippen LogP contribution in [0.3, 0.4) is 0 Å². The summed E-state index contributed by atoms with van der Waals surface area (Å²) in [6, 6.07) is 5.19. The maximum atomic E-state index is 12.7. The van der Waals surface area contributed by atoms with Gasteiger partial charge in [-0.2, -0.15) is 13.2 Å². The van der Waals surface area contributed by atoms with E-state index in [-0.39, 0.29) is 24.2 Å². The summed E-state index contributed by atoms with van der Waals surface area (Å²) in [5.41, 5.74) is -0.138. The Bertz CT molecular complexity index is 545. The van der Waals surface area contributed by atoms with Crippen molar-refractivity contribution in [1.82, 2.24) is 10.6 Å². The number of piperidine rings is 1. The number of hydrogen-bond acceptors (Lipinski definition) is 2. The summed E-state index contributed by atoms with van der Waals surface area (Å²) in [7, 11) is 0. The van der Waals surface area contributed by atoms with E-state index in [1.165, 1.54) is 18.9 Å². The first-order valence-corrected chi connectivity index (χ1v) is 8.51. The molecule has 7 heteroatoms. The fraction of sp³-hybridized carbons (Fsp3) is 0.611. The van der Waals surface area contributed by atoms with Gasteiger partial charge in [0, 0.05) is 12.5 Å². The molecule has 0 radical (unpaired) electrons. The SMILES string of the molecule is CC(Cc1cccc(C(F)(F)F)c1)C(=O)NCCC1CCCNC1.Cl. The minimum absolute atomic E-state index is 0. The van der Waals surface area contributed by atoms with Crippen molar-refractivity contribution in [3.8, 4) is 0 Å². The Morgan fingerprint density at radius 3 is 2.80 bits per heavy atom. The Balaban J connectivity index is 0.00000312. The van der Waals surface area contributed by atoms with Crippen molar-refractivity contribution in [2.45, 2.75) is 38.8 Å². The lowest BCUT2D eigenvalue weighted by molar-refractivity contribution is -0.137. The predicted octanol–water partition coefficient (Wildman–Crippen LogP) is 3.81. The fourth-order valence-corrected chi connectivity index (χ4v) is 3.06. The number of halogens is 4. The largest absolute Gasteiger partial charge is 0.416 e. The quantitative estimate of drug-likeness (QED) is 0.790. The van der Waals surface area contributed by atoms with Crippen molar-refractivity contribution >= 4 is 18.3 Å². The highest BCUT2D eigenvalue weighted by molar-refractivity contribution is 5.85. The van der Waals surface area contributed by atoms with Gasteiger partial charge in [0.15, 0.2) is 0 Å². The molecule has 1 heterocycles. The van der Waals surface area contributed by atoms with Crippen LogP contribution >= 0.6 is 12.4 Å². The Morgan fingerprint density at radius 1 is 1.40 bits per heavy atom. The monoisotopic (exact) mass is 378 g/mol. The molecule has 2 atom stereocenters. The van der Waals surface area contributed by atoms with Crippen LogP contribution in [0.5, 0.6) is 0 Å². The zero-order valence-electron chi connectivity index (χ0n) is 14.4. The lowest BCUT2D eigenvalue weighted by atomic mass is 9.96. The second-order valence-corrected chi connectivity index (χ2v) is 6.60. The summed E-state index contributed by atoms with van der Waals surface area (Å²) in [4.78, 5) is 12.1. The lowest BCUT2D eigenvalue weighted by Crippen LogP contribution is -2.35. The zero-order chi connectivity index (χ0) is 17.6. The van der Waals surface area contributed by atoms with Gasteiger partial charge in [-0.05, 0) is 56.3 Å². The van der Waals surface area contributed by atoms with E-state index in [0.717, 1.165) is 31.6 Å². The predicted molar refractivity (Wildman–Crippen MR) is 94.8 cm³/mol. The molecule has 2 unspecified atom stereocenters. The Morgan fingerprint density at radius 2 is 2.16 bits per heavy atom. The van der Waals surface area contributed by atoms with E-state index in [1.807, 2.05) is 0 Å². The van der Waals surface area contributed by atoms with Crippen LogP contribution in [-0.2, 0) is 17.4 Å². The first kappa shape index (κ1) is 21.8. The van der Waals surface area contributed by atoms with Crippen LogP contribution in [0.15, 0.2) is 24.3 Å². The van der Waals surface area contributed by atoms with Gasteiger partial charge in [-0.3, -0.25) is 4.79 Å². The third-order valence-corrected chi connectivity index (χ3v) is 4.49. The molecule has 0 spiro atoms. The third kappa shape index (κ3) is 7.24. The van der Waals surface area contributed by atoms with Gasteiger partial charge < -0.3 is 10.6 Å². The van der Waals surface area contributed by atoms with Crippen molar-refractivity contribution < 1.29 is 18.0 Å². The molecule has 0 aliphatic carbocycles. The van der Waals surface area contributed by atoms with Gasteiger partial charge in [0.05, 0.1) is 5.56 Å². The molecule has 0 aromatic heterocycles. The van der Waals surface area contributed by atoms with E-state index in [4.69, 9.17) is 0 Å². The number of carbonyl (C=O) groups excluding carboxylic acids is 1. The van der Waals surface area contributed by atoms with E-state index < -0.39 is 11.7 Å². The molecule has 1 saturated heterocycles. The van der Waals surface area contributed by atoms with Crippen LogP contribution in [0.25, 0.3) is 0 Å². The molecule has 1 fully saturated rings. The number of amides is 1. The first-order valence-electron chi connectivity index (χ1n) is 8.51. The highest BCUT2D eigenvalue weighted by atomic mass is 35.5. The number of hydrogen-bond donors (Lipinski definition) is 2. The lowest BCUT2D eigenvalue weighted by Gasteiger charge is -2.23. The van der Waals surface area contributed by atoms with E-state index in [2.05, 4.69) is 10.6 Å². The van der Waals surface area contributed by atoms with Crippen molar-refractivity contribution in [3.63, 3.8) is 0 Å². The average Bonchev–Trinajstić information content (AvgIpc) is 2.55. The fourth-order valence-electron chi connectivity index (χ4n) is 3.06. The number of nitrogens with one attached hydrogen (secondary N) is 2. The third-order valence-electron chi connectivity index (χ3n) is 4.49. The second-order valence-electron chi connectivity index (χ2n) is 6.60. The minimum Gasteiger partial charge on any atom is -0.356 e. The summed E-state index contributed by atoms with van der Waals surface area (Å²) >= 11 is 0. The summed E-state index contributed by atoms with van der Waals surface area (Å²) in [6.45, 7) is 4.43. The molecule has 2 N–H and O–H groups in total. The molecule has 142 valence electrons. The highest BCUT2D eigenvalue weighted by Crippen LogP contribution is 2.30. The maximum absolute atomic E-state index is 12.7. The normalized spacial score (nSPS) is 19.0. The van der Waals surface area contributed by atoms with E-state index in [0.29, 0.717) is 24.4 Å². The summed E-state index contributed by atoms with van der Waals surface area (Å²) in [5, 5.41) is 6.25. The second kappa shape index (κ2) is 10.0. The van der Waals surface area contributed by atoms with Crippen LogP contribution in [0.4, 0.5) is 13.2 Å².